The molecule has 2 heterocycles. The van der Waals surface area contributed by atoms with Crippen LogP contribution in [0.2, 0.25) is 5.02 Å². The van der Waals surface area contributed by atoms with Gasteiger partial charge in [0.2, 0.25) is 0 Å². The second-order valence-electron chi connectivity index (χ2n) is 6.93. The normalized spacial score (nSPS) is 26.6. The molecule has 3 rings (SSSR count). The molecule has 0 amide bonds. The maximum Gasteiger partial charge on any atom is 0.183 e. The van der Waals surface area contributed by atoms with Crippen molar-refractivity contribution in [1.82, 2.24) is 19.7 Å². The number of aromatic nitrogens is 4. The summed E-state index contributed by atoms with van der Waals surface area (Å²) in [6.07, 6.45) is 5.74. The van der Waals surface area contributed by atoms with Gasteiger partial charge in [0, 0.05) is 11.9 Å². The van der Waals surface area contributed by atoms with E-state index in [1.807, 2.05) is 12.1 Å². The number of halogens is 1. The lowest BCUT2D eigenvalue weighted by Gasteiger charge is -2.40. The summed E-state index contributed by atoms with van der Waals surface area (Å²) >= 11 is 10.2. The second-order valence-corrected chi connectivity index (χ2v) is 7.77. The van der Waals surface area contributed by atoms with Gasteiger partial charge in [-0.3, -0.25) is 4.98 Å². The maximum atomic E-state index is 11.5. The number of thiol groups is 1. The minimum absolute atomic E-state index is 0.100. The van der Waals surface area contributed by atoms with Crippen molar-refractivity contribution in [3.05, 3.63) is 35.4 Å². The first kappa shape index (κ1) is 16.7. The Bertz CT molecular complexity index is 688. The zero-order valence-corrected chi connectivity index (χ0v) is 14.9. The van der Waals surface area contributed by atoms with E-state index in [1.54, 1.807) is 10.9 Å². The first-order valence-electron chi connectivity index (χ1n) is 7.71. The summed E-state index contributed by atoms with van der Waals surface area (Å²) in [7, 11) is 0. The number of aliphatic hydroxyl groups is 1. The summed E-state index contributed by atoms with van der Waals surface area (Å²) in [6, 6.07) is 3.76. The van der Waals surface area contributed by atoms with E-state index in [9.17, 15) is 5.11 Å². The zero-order valence-electron chi connectivity index (χ0n) is 13.3. The third-order valence-electron chi connectivity index (χ3n) is 5.20. The molecule has 23 heavy (non-hydrogen) atoms. The molecule has 1 aliphatic rings. The standard InChI is InChI=1S/C16H21ClN4OS/c1-15(2)6-5-11(7-13-4-3-12(17)8-18-13)16(15,22)9-21-14(23)19-10-20-21/h3-4,8,10-11,22H,5-7,9H2,1-2H3,(H,19,20,23). The SMILES string of the molecule is CC1(C)CCC(Cc2ccc(Cl)cn2)C1(O)Cn1ncnc1S. The molecule has 1 saturated carbocycles. The molecule has 0 aromatic carbocycles. The zero-order chi connectivity index (χ0) is 16.7. The molecule has 1 aliphatic carbocycles. The van der Waals surface area contributed by atoms with Gasteiger partial charge in [-0.25, -0.2) is 9.67 Å². The Morgan fingerprint density at radius 1 is 1.39 bits per heavy atom. The van der Waals surface area contributed by atoms with Gasteiger partial charge in [-0.15, -0.1) is 12.6 Å². The minimum Gasteiger partial charge on any atom is -0.387 e. The van der Waals surface area contributed by atoms with E-state index in [2.05, 4.69) is 41.5 Å². The van der Waals surface area contributed by atoms with Crippen molar-refractivity contribution in [1.29, 1.82) is 0 Å². The van der Waals surface area contributed by atoms with E-state index in [1.165, 1.54) is 6.33 Å². The molecule has 2 aromatic rings. The number of hydrogen-bond acceptors (Lipinski definition) is 5. The van der Waals surface area contributed by atoms with Crippen LogP contribution in [0.3, 0.4) is 0 Å². The number of nitrogens with zero attached hydrogens (tertiary/aromatic N) is 4. The van der Waals surface area contributed by atoms with Crippen molar-refractivity contribution in [2.45, 2.75) is 50.4 Å². The Balaban J connectivity index is 1.86. The van der Waals surface area contributed by atoms with Crippen LogP contribution in [0.25, 0.3) is 0 Å². The first-order chi connectivity index (χ1) is 10.8. The van der Waals surface area contributed by atoms with E-state index in [0.29, 0.717) is 23.1 Å². The third kappa shape index (κ3) is 3.12. The molecule has 1 fully saturated rings. The molecule has 0 aliphatic heterocycles. The Kier molecular flexibility index (Phi) is 4.42. The van der Waals surface area contributed by atoms with E-state index in [-0.39, 0.29) is 11.3 Å². The fraction of sp³-hybridized carbons (Fsp3) is 0.562. The summed E-state index contributed by atoms with van der Waals surface area (Å²) in [5.41, 5.74) is -0.157. The topological polar surface area (TPSA) is 63.8 Å². The molecule has 2 unspecified atom stereocenters. The van der Waals surface area contributed by atoms with Gasteiger partial charge in [0.15, 0.2) is 5.16 Å². The van der Waals surface area contributed by atoms with Crippen LogP contribution < -0.4 is 0 Å². The highest BCUT2D eigenvalue weighted by atomic mass is 35.5. The summed E-state index contributed by atoms with van der Waals surface area (Å²) < 4.78 is 1.67. The average Bonchev–Trinajstić information content (AvgIpc) is 2.98. The molecule has 2 atom stereocenters. The van der Waals surface area contributed by atoms with Crippen LogP contribution in [0.15, 0.2) is 29.8 Å². The van der Waals surface area contributed by atoms with Crippen molar-refractivity contribution in [2.75, 3.05) is 0 Å². The van der Waals surface area contributed by atoms with Crippen molar-refractivity contribution < 1.29 is 5.11 Å². The van der Waals surface area contributed by atoms with Crippen molar-refractivity contribution in [2.24, 2.45) is 11.3 Å². The van der Waals surface area contributed by atoms with E-state index >= 15 is 0 Å². The molecule has 7 heteroatoms. The molecule has 0 saturated heterocycles. The largest absolute Gasteiger partial charge is 0.387 e. The van der Waals surface area contributed by atoms with E-state index < -0.39 is 5.60 Å². The van der Waals surface area contributed by atoms with Crippen LogP contribution in [-0.2, 0) is 13.0 Å². The van der Waals surface area contributed by atoms with Gasteiger partial charge in [0.25, 0.3) is 0 Å². The van der Waals surface area contributed by atoms with E-state index in [4.69, 9.17) is 11.6 Å². The number of rotatable bonds is 4. The third-order valence-corrected chi connectivity index (χ3v) is 5.77. The molecule has 124 valence electrons. The summed E-state index contributed by atoms with van der Waals surface area (Å²) in [5.74, 6) is 0.100. The minimum atomic E-state index is -0.889. The van der Waals surface area contributed by atoms with Gasteiger partial charge in [-0.05, 0) is 42.7 Å². The van der Waals surface area contributed by atoms with Crippen LogP contribution in [0.4, 0.5) is 0 Å². The predicted octanol–water partition coefficient (Wildman–Crippen LogP) is 3.03. The quantitative estimate of drug-likeness (QED) is 0.830. The summed E-state index contributed by atoms with van der Waals surface area (Å²) in [5, 5.41) is 16.8. The van der Waals surface area contributed by atoms with Crippen LogP contribution >= 0.6 is 24.2 Å². The number of pyridine rings is 1. The Morgan fingerprint density at radius 3 is 2.78 bits per heavy atom. The van der Waals surface area contributed by atoms with Crippen molar-refractivity contribution in [3.63, 3.8) is 0 Å². The molecule has 0 bridgehead atoms. The molecule has 2 aromatic heterocycles. The molecule has 0 spiro atoms. The molecule has 1 N–H and O–H groups in total. The Labute approximate surface area is 146 Å². The lowest BCUT2D eigenvalue weighted by Crippen LogP contribution is -2.49. The highest BCUT2D eigenvalue weighted by Gasteiger charge is 2.54. The lowest BCUT2D eigenvalue weighted by atomic mass is 9.73. The lowest BCUT2D eigenvalue weighted by molar-refractivity contribution is -0.0924. The monoisotopic (exact) mass is 352 g/mol. The van der Waals surface area contributed by atoms with Crippen LogP contribution in [0.1, 0.15) is 32.4 Å². The molecular weight excluding hydrogens is 332 g/mol. The van der Waals surface area contributed by atoms with Gasteiger partial charge in [-0.1, -0.05) is 25.4 Å². The van der Waals surface area contributed by atoms with Gasteiger partial charge >= 0.3 is 0 Å². The van der Waals surface area contributed by atoms with Crippen molar-refractivity contribution in [3.8, 4) is 0 Å². The van der Waals surface area contributed by atoms with Crippen LogP contribution in [0.5, 0.6) is 0 Å². The van der Waals surface area contributed by atoms with Crippen LogP contribution in [-0.4, -0.2) is 30.5 Å². The predicted molar refractivity (Wildman–Crippen MR) is 91.7 cm³/mol. The Morgan fingerprint density at radius 2 is 2.17 bits per heavy atom. The molecular formula is C16H21ClN4OS. The fourth-order valence-electron chi connectivity index (χ4n) is 3.53. The highest BCUT2D eigenvalue weighted by molar-refractivity contribution is 7.80. The number of hydrogen-bond donors (Lipinski definition) is 2. The highest BCUT2D eigenvalue weighted by Crippen LogP contribution is 2.51. The second kappa shape index (κ2) is 6.07. The molecule has 5 nitrogen and oxygen atoms in total. The fourth-order valence-corrected chi connectivity index (χ4v) is 3.82. The van der Waals surface area contributed by atoms with Gasteiger partial charge in [0.05, 0.1) is 17.2 Å². The smallest absolute Gasteiger partial charge is 0.183 e. The Hall–Kier alpha value is -1.11. The van der Waals surface area contributed by atoms with Gasteiger partial charge in [0.1, 0.15) is 6.33 Å². The van der Waals surface area contributed by atoms with Gasteiger partial charge < -0.3 is 5.11 Å². The maximum absolute atomic E-state index is 11.5. The summed E-state index contributed by atoms with van der Waals surface area (Å²) in [6.45, 7) is 4.60. The van der Waals surface area contributed by atoms with Crippen molar-refractivity contribution >= 4 is 24.2 Å². The van der Waals surface area contributed by atoms with Gasteiger partial charge in [-0.2, -0.15) is 5.10 Å². The first-order valence-corrected chi connectivity index (χ1v) is 8.54. The van der Waals surface area contributed by atoms with Crippen LogP contribution in [0, 0.1) is 11.3 Å². The summed E-state index contributed by atoms with van der Waals surface area (Å²) in [4.78, 5) is 8.41. The molecule has 0 radical (unpaired) electrons. The van der Waals surface area contributed by atoms with E-state index in [0.717, 1.165) is 18.5 Å². The average molecular weight is 353 g/mol.